The van der Waals surface area contributed by atoms with Crippen molar-refractivity contribution in [3.63, 3.8) is 0 Å². The molecule has 30 heavy (non-hydrogen) atoms. The third-order valence-electron chi connectivity index (χ3n) is 5.27. The van der Waals surface area contributed by atoms with E-state index in [-0.39, 0.29) is 11.4 Å². The van der Waals surface area contributed by atoms with Gasteiger partial charge in [-0.1, -0.05) is 29.8 Å². The summed E-state index contributed by atoms with van der Waals surface area (Å²) in [5.41, 5.74) is 3.44. The molecule has 1 amide bonds. The molecule has 6 nitrogen and oxygen atoms in total. The average Bonchev–Trinajstić information content (AvgIpc) is 3.12. The molecule has 2 aromatic heterocycles. The Morgan fingerprint density at radius 3 is 2.47 bits per heavy atom. The van der Waals surface area contributed by atoms with Gasteiger partial charge in [-0.25, -0.2) is 9.97 Å². The Bertz CT molecular complexity index is 1030. The molecule has 7 heteroatoms. The predicted molar refractivity (Wildman–Crippen MR) is 124 cm³/mol. The molecule has 4 rings (SSSR count). The van der Waals surface area contributed by atoms with Gasteiger partial charge in [0.2, 0.25) is 5.91 Å². The Morgan fingerprint density at radius 1 is 1.10 bits per heavy atom. The van der Waals surface area contributed by atoms with Crippen molar-refractivity contribution in [2.24, 2.45) is 0 Å². The van der Waals surface area contributed by atoms with Crippen LogP contribution in [-0.4, -0.2) is 59.0 Å². The summed E-state index contributed by atoms with van der Waals surface area (Å²) in [5, 5.41) is 6.36. The zero-order valence-corrected chi connectivity index (χ0v) is 18.9. The maximum atomic E-state index is 12.3. The molecule has 1 aliphatic heterocycles. The molecule has 0 atom stereocenters. The average molecular weight is 424 g/mol. The number of aryl methyl sites for hydroxylation is 1. The maximum absolute atomic E-state index is 12.3. The van der Waals surface area contributed by atoms with E-state index in [1.54, 1.807) is 17.7 Å². The molecule has 1 fully saturated rings. The molecule has 158 valence electrons. The van der Waals surface area contributed by atoms with E-state index in [1.165, 1.54) is 16.7 Å². The fraction of sp³-hybridized carbons (Fsp3) is 0.435. The number of aromatic nitrogens is 2. The van der Waals surface area contributed by atoms with Gasteiger partial charge in [0.1, 0.15) is 17.0 Å². The first-order chi connectivity index (χ1) is 14.3. The minimum atomic E-state index is -0.198. The van der Waals surface area contributed by atoms with Crippen LogP contribution in [0.3, 0.4) is 0 Å². The molecule has 0 bridgehead atoms. The molecule has 1 aliphatic rings. The highest BCUT2D eigenvalue weighted by Gasteiger charge is 2.24. The van der Waals surface area contributed by atoms with Crippen molar-refractivity contribution >= 4 is 33.3 Å². The summed E-state index contributed by atoms with van der Waals surface area (Å²) in [6, 6.07) is 8.62. The number of piperazine rings is 1. The van der Waals surface area contributed by atoms with Gasteiger partial charge in [-0.15, -0.1) is 11.3 Å². The summed E-state index contributed by atoms with van der Waals surface area (Å²) in [7, 11) is 0. The first kappa shape index (κ1) is 20.8. The number of hydrogen-bond donors (Lipinski definition) is 1. The Balaban J connectivity index is 1.51. The Hall–Kier alpha value is -2.51. The van der Waals surface area contributed by atoms with E-state index in [2.05, 4.69) is 61.7 Å². The van der Waals surface area contributed by atoms with Crippen LogP contribution < -0.4 is 10.2 Å². The second-order valence-corrected chi connectivity index (χ2v) is 9.81. The normalized spacial score (nSPS) is 15.5. The molecule has 1 N–H and O–H groups in total. The summed E-state index contributed by atoms with van der Waals surface area (Å²) in [5.74, 6) is 1.08. The molecular formula is C23H29N5OS. The van der Waals surface area contributed by atoms with Gasteiger partial charge in [-0.05, 0) is 33.3 Å². The lowest BCUT2D eigenvalue weighted by molar-refractivity contribution is -0.123. The molecule has 0 unspecified atom stereocenters. The second-order valence-electron chi connectivity index (χ2n) is 8.95. The van der Waals surface area contributed by atoms with Crippen LogP contribution in [-0.2, 0) is 4.79 Å². The lowest BCUT2D eigenvalue weighted by Gasteiger charge is -2.35. The van der Waals surface area contributed by atoms with Gasteiger partial charge in [0.25, 0.3) is 0 Å². The largest absolute Gasteiger partial charge is 0.353 e. The van der Waals surface area contributed by atoms with E-state index in [0.717, 1.165) is 42.2 Å². The van der Waals surface area contributed by atoms with Crippen LogP contribution in [0, 0.1) is 6.92 Å². The number of carbonyl (C=O) groups is 1. The van der Waals surface area contributed by atoms with Crippen LogP contribution >= 0.6 is 11.3 Å². The SMILES string of the molecule is Cc1ccc(-c2csc3ncnc(N4CCN(CC(=O)NC(C)(C)C)CC4)c23)cc1. The van der Waals surface area contributed by atoms with Crippen LogP contribution in [0.2, 0.25) is 0 Å². The van der Waals surface area contributed by atoms with Crippen molar-refractivity contribution in [3.05, 3.63) is 41.5 Å². The smallest absolute Gasteiger partial charge is 0.234 e. The summed E-state index contributed by atoms with van der Waals surface area (Å²) >= 11 is 1.66. The Labute approximate surface area is 181 Å². The first-order valence-electron chi connectivity index (χ1n) is 10.4. The molecule has 3 aromatic rings. The van der Waals surface area contributed by atoms with Crippen LogP contribution in [0.1, 0.15) is 26.3 Å². The highest BCUT2D eigenvalue weighted by Crippen LogP contribution is 2.38. The molecule has 1 saturated heterocycles. The highest BCUT2D eigenvalue weighted by atomic mass is 32.1. The number of amides is 1. The van der Waals surface area contributed by atoms with Crippen molar-refractivity contribution in [3.8, 4) is 11.1 Å². The number of thiophene rings is 1. The number of nitrogens with one attached hydrogen (secondary N) is 1. The minimum absolute atomic E-state index is 0.0832. The highest BCUT2D eigenvalue weighted by molar-refractivity contribution is 7.17. The monoisotopic (exact) mass is 423 g/mol. The zero-order valence-electron chi connectivity index (χ0n) is 18.1. The van der Waals surface area contributed by atoms with Crippen LogP contribution in [0.4, 0.5) is 5.82 Å². The van der Waals surface area contributed by atoms with E-state index in [0.29, 0.717) is 6.54 Å². The number of nitrogens with zero attached hydrogens (tertiary/aromatic N) is 4. The summed E-state index contributed by atoms with van der Waals surface area (Å²) < 4.78 is 0. The van der Waals surface area contributed by atoms with E-state index >= 15 is 0 Å². The third kappa shape index (κ3) is 4.63. The quantitative estimate of drug-likeness (QED) is 0.693. The minimum Gasteiger partial charge on any atom is -0.353 e. The first-order valence-corrected chi connectivity index (χ1v) is 11.3. The fourth-order valence-corrected chi connectivity index (χ4v) is 4.73. The van der Waals surface area contributed by atoms with Crippen molar-refractivity contribution in [1.82, 2.24) is 20.2 Å². The van der Waals surface area contributed by atoms with Gasteiger partial charge in [-0.2, -0.15) is 0 Å². The van der Waals surface area contributed by atoms with E-state index < -0.39 is 0 Å². The number of fused-ring (bicyclic) bond motifs is 1. The Kier molecular flexibility index (Phi) is 5.75. The van der Waals surface area contributed by atoms with Gasteiger partial charge in [0.05, 0.1) is 11.9 Å². The van der Waals surface area contributed by atoms with E-state index in [9.17, 15) is 4.79 Å². The van der Waals surface area contributed by atoms with E-state index in [4.69, 9.17) is 0 Å². The zero-order chi connectivity index (χ0) is 21.3. The number of hydrogen-bond acceptors (Lipinski definition) is 6. The fourth-order valence-electron chi connectivity index (χ4n) is 3.82. The summed E-state index contributed by atoms with van der Waals surface area (Å²) in [4.78, 5) is 27.0. The molecule has 1 aromatic carbocycles. The molecular weight excluding hydrogens is 394 g/mol. The second kappa shape index (κ2) is 8.32. The molecule has 0 spiro atoms. The lowest BCUT2D eigenvalue weighted by Crippen LogP contribution is -2.52. The molecule has 0 aliphatic carbocycles. The summed E-state index contributed by atoms with van der Waals surface area (Å²) in [6.45, 7) is 11.9. The van der Waals surface area contributed by atoms with Gasteiger partial charge in [0, 0.05) is 42.7 Å². The standard InChI is InChI=1S/C23H29N5OS/c1-16-5-7-17(8-6-16)18-14-30-22-20(18)21(24-15-25-22)28-11-9-27(10-12-28)13-19(29)26-23(2,3)4/h5-8,14-15H,9-13H2,1-4H3,(H,26,29). The van der Waals surface area contributed by atoms with Crippen LogP contribution in [0.15, 0.2) is 36.0 Å². The van der Waals surface area contributed by atoms with Crippen molar-refractivity contribution < 1.29 is 4.79 Å². The number of benzene rings is 1. The summed E-state index contributed by atoms with van der Waals surface area (Å²) in [6.07, 6.45) is 1.66. The third-order valence-corrected chi connectivity index (χ3v) is 6.15. The van der Waals surface area contributed by atoms with Gasteiger partial charge >= 0.3 is 0 Å². The molecule has 0 saturated carbocycles. The molecule has 3 heterocycles. The predicted octanol–water partition coefficient (Wildman–Crippen LogP) is 3.70. The number of rotatable bonds is 4. The van der Waals surface area contributed by atoms with E-state index in [1.807, 2.05) is 20.8 Å². The van der Waals surface area contributed by atoms with Gasteiger partial charge in [-0.3, -0.25) is 9.69 Å². The maximum Gasteiger partial charge on any atom is 0.234 e. The van der Waals surface area contributed by atoms with Gasteiger partial charge in [0.15, 0.2) is 0 Å². The number of carbonyl (C=O) groups excluding carboxylic acids is 1. The van der Waals surface area contributed by atoms with Crippen LogP contribution in [0.5, 0.6) is 0 Å². The number of anilines is 1. The lowest BCUT2D eigenvalue weighted by atomic mass is 10.0. The van der Waals surface area contributed by atoms with Crippen molar-refractivity contribution in [2.75, 3.05) is 37.6 Å². The van der Waals surface area contributed by atoms with Gasteiger partial charge < -0.3 is 10.2 Å². The Morgan fingerprint density at radius 2 is 1.80 bits per heavy atom. The van der Waals surface area contributed by atoms with Crippen LogP contribution in [0.25, 0.3) is 21.3 Å². The van der Waals surface area contributed by atoms with Crippen molar-refractivity contribution in [1.29, 1.82) is 0 Å². The van der Waals surface area contributed by atoms with Crippen molar-refractivity contribution in [2.45, 2.75) is 33.2 Å². The molecule has 0 radical (unpaired) electrons. The topological polar surface area (TPSA) is 61.4 Å².